The molecule has 0 radical (unpaired) electrons. The molecule has 4 aromatic rings. The zero-order chi connectivity index (χ0) is 24.3. The average Bonchev–Trinajstić information content (AvgIpc) is 3.20. The molecular weight excluding hydrogens is 445 g/mol. The Labute approximate surface area is 193 Å². The van der Waals surface area contributed by atoms with Gasteiger partial charge < -0.3 is 5.32 Å². The topological polar surface area (TPSA) is 85.6 Å². The van der Waals surface area contributed by atoms with Crippen LogP contribution in [-0.2, 0) is 30.9 Å². The van der Waals surface area contributed by atoms with E-state index in [2.05, 4.69) is 25.4 Å². The lowest BCUT2D eigenvalue weighted by molar-refractivity contribution is -0.138. The molecule has 0 aliphatic rings. The van der Waals surface area contributed by atoms with Crippen LogP contribution in [0.3, 0.4) is 0 Å². The van der Waals surface area contributed by atoms with Gasteiger partial charge in [-0.2, -0.15) is 18.3 Å². The smallest absolute Gasteiger partial charge is 0.324 e. The van der Waals surface area contributed by atoms with Crippen LogP contribution < -0.4 is 5.32 Å². The van der Waals surface area contributed by atoms with Crippen LogP contribution in [0.25, 0.3) is 11.1 Å². The largest absolute Gasteiger partial charge is 0.418 e. The zero-order valence-electron chi connectivity index (χ0n) is 18.5. The van der Waals surface area contributed by atoms with Crippen LogP contribution in [-0.4, -0.2) is 30.6 Å². The Morgan fingerprint density at radius 2 is 1.68 bits per heavy atom. The summed E-state index contributed by atoms with van der Waals surface area (Å²) in [5, 5.41) is 6.61. The van der Waals surface area contributed by atoms with Crippen LogP contribution in [0.1, 0.15) is 28.2 Å². The fourth-order valence-electron chi connectivity index (χ4n) is 3.43. The number of benzene rings is 1. The minimum Gasteiger partial charge on any atom is -0.324 e. The predicted octanol–water partition coefficient (Wildman–Crippen LogP) is 4.37. The van der Waals surface area contributed by atoms with E-state index in [0.717, 1.165) is 22.8 Å². The number of alkyl halides is 3. The molecule has 0 fully saturated rings. The monoisotopic (exact) mass is 466 g/mol. The van der Waals surface area contributed by atoms with Crippen LogP contribution in [0.4, 0.5) is 18.9 Å². The Morgan fingerprint density at radius 1 is 0.971 bits per heavy atom. The average molecular weight is 466 g/mol. The van der Waals surface area contributed by atoms with Gasteiger partial charge in [-0.1, -0.05) is 24.3 Å². The third kappa shape index (κ3) is 5.64. The maximum absolute atomic E-state index is 13.0. The SMILES string of the molecule is Cc1ncc(NC(=O)Cc2ccc(-c3cnc(Cc4cnn(C)c4)nc3)cc2)cc1C(F)(F)F. The molecule has 34 heavy (non-hydrogen) atoms. The molecule has 0 saturated heterocycles. The number of nitrogens with zero attached hydrogens (tertiary/aromatic N) is 5. The Balaban J connectivity index is 1.37. The lowest BCUT2D eigenvalue weighted by Gasteiger charge is -2.12. The van der Waals surface area contributed by atoms with Crippen molar-refractivity contribution in [3.63, 3.8) is 0 Å². The number of nitrogens with one attached hydrogen (secondary N) is 1. The number of aromatic nitrogens is 5. The molecule has 7 nitrogen and oxygen atoms in total. The van der Waals surface area contributed by atoms with Crippen molar-refractivity contribution in [1.29, 1.82) is 0 Å². The summed E-state index contributed by atoms with van der Waals surface area (Å²) < 4.78 is 40.9. The number of carbonyl (C=O) groups excluding carboxylic acids is 1. The molecule has 0 aliphatic carbocycles. The van der Waals surface area contributed by atoms with Crippen molar-refractivity contribution in [2.24, 2.45) is 7.05 Å². The molecule has 4 rings (SSSR count). The van der Waals surface area contributed by atoms with E-state index >= 15 is 0 Å². The number of anilines is 1. The molecule has 10 heteroatoms. The number of rotatable bonds is 6. The van der Waals surface area contributed by atoms with Gasteiger partial charge in [0.2, 0.25) is 5.91 Å². The molecule has 1 N–H and O–H groups in total. The first kappa shape index (κ1) is 23.1. The number of carbonyl (C=O) groups is 1. The highest BCUT2D eigenvalue weighted by atomic mass is 19.4. The highest BCUT2D eigenvalue weighted by Gasteiger charge is 2.33. The van der Waals surface area contributed by atoms with E-state index in [9.17, 15) is 18.0 Å². The van der Waals surface area contributed by atoms with E-state index < -0.39 is 17.6 Å². The zero-order valence-corrected chi connectivity index (χ0v) is 18.5. The highest BCUT2D eigenvalue weighted by Crippen LogP contribution is 2.32. The quantitative estimate of drug-likeness (QED) is 0.456. The van der Waals surface area contributed by atoms with Crippen LogP contribution >= 0.6 is 0 Å². The lowest BCUT2D eigenvalue weighted by atomic mass is 10.0. The minimum absolute atomic E-state index is 0.00284. The molecule has 0 spiro atoms. The van der Waals surface area contributed by atoms with Crippen molar-refractivity contribution < 1.29 is 18.0 Å². The van der Waals surface area contributed by atoms with Crippen molar-refractivity contribution in [3.8, 4) is 11.1 Å². The van der Waals surface area contributed by atoms with Crippen LogP contribution in [0, 0.1) is 6.92 Å². The third-order valence-electron chi connectivity index (χ3n) is 5.15. The molecule has 0 atom stereocenters. The Kier molecular flexibility index (Phi) is 6.40. The summed E-state index contributed by atoms with van der Waals surface area (Å²) in [7, 11) is 1.85. The van der Waals surface area contributed by atoms with Crippen molar-refractivity contribution in [2.45, 2.75) is 25.9 Å². The second kappa shape index (κ2) is 9.42. The van der Waals surface area contributed by atoms with Gasteiger partial charge >= 0.3 is 6.18 Å². The standard InChI is InChI=1S/C24H21F3N6O/c1-15-21(24(25,26)27)9-20(13-28-15)32-23(34)8-16-3-5-18(6-4-16)19-11-29-22(30-12-19)7-17-10-31-33(2)14-17/h3-6,9-14H,7-8H2,1-2H3,(H,32,34). The Morgan fingerprint density at radius 3 is 2.29 bits per heavy atom. The van der Waals surface area contributed by atoms with E-state index in [1.165, 1.54) is 13.1 Å². The first-order valence-electron chi connectivity index (χ1n) is 10.4. The molecule has 0 bridgehead atoms. The predicted molar refractivity (Wildman–Crippen MR) is 120 cm³/mol. The van der Waals surface area contributed by atoms with Crippen molar-refractivity contribution in [2.75, 3.05) is 5.32 Å². The molecule has 174 valence electrons. The summed E-state index contributed by atoms with van der Waals surface area (Å²) in [5.41, 5.74) is 2.44. The third-order valence-corrected chi connectivity index (χ3v) is 5.15. The molecular formula is C24H21F3N6O. The maximum Gasteiger partial charge on any atom is 0.418 e. The minimum atomic E-state index is -4.53. The summed E-state index contributed by atoms with van der Waals surface area (Å²) in [6, 6.07) is 8.15. The van der Waals surface area contributed by atoms with E-state index in [-0.39, 0.29) is 17.8 Å². The van der Waals surface area contributed by atoms with Crippen molar-refractivity contribution >= 4 is 11.6 Å². The number of hydrogen-bond acceptors (Lipinski definition) is 5. The fourth-order valence-corrected chi connectivity index (χ4v) is 3.43. The van der Waals surface area contributed by atoms with Crippen LogP contribution in [0.2, 0.25) is 0 Å². The van der Waals surface area contributed by atoms with E-state index in [0.29, 0.717) is 17.8 Å². The van der Waals surface area contributed by atoms with Gasteiger partial charge in [-0.3, -0.25) is 14.5 Å². The summed E-state index contributed by atoms with van der Waals surface area (Å²) in [5.74, 6) is 0.249. The van der Waals surface area contributed by atoms with Crippen LogP contribution in [0.5, 0.6) is 0 Å². The first-order valence-corrected chi connectivity index (χ1v) is 10.4. The maximum atomic E-state index is 13.0. The Hall–Kier alpha value is -4.08. The van der Waals surface area contributed by atoms with Crippen LogP contribution in [0.15, 0.2) is 61.3 Å². The second-order valence-corrected chi connectivity index (χ2v) is 7.86. The molecule has 3 heterocycles. The normalized spacial score (nSPS) is 11.4. The number of pyridine rings is 1. The van der Waals surface area contributed by atoms with Gasteiger partial charge in [-0.15, -0.1) is 0 Å². The fraction of sp³-hybridized carbons (Fsp3) is 0.208. The van der Waals surface area contributed by atoms with E-state index in [1.807, 2.05) is 25.4 Å². The Bertz CT molecular complexity index is 1300. The summed E-state index contributed by atoms with van der Waals surface area (Å²) >= 11 is 0. The van der Waals surface area contributed by atoms with Gasteiger partial charge in [0.15, 0.2) is 0 Å². The summed E-state index contributed by atoms with van der Waals surface area (Å²) in [6.07, 6.45) is 4.44. The lowest BCUT2D eigenvalue weighted by Crippen LogP contribution is -2.16. The van der Waals surface area contributed by atoms with Gasteiger partial charge in [0, 0.05) is 43.3 Å². The highest BCUT2D eigenvalue weighted by molar-refractivity contribution is 5.92. The molecule has 0 aliphatic heterocycles. The second-order valence-electron chi connectivity index (χ2n) is 7.86. The van der Waals surface area contributed by atoms with Gasteiger partial charge in [-0.05, 0) is 29.7 Å². The molecule has 1 aromatic carbocycles. The molecule has 0 saturated carbocycles. The van der Waals surface area contributed by atoms with E-state index in [4.69, 9.17) is 0 Å². The summed E-state index contributed by atoms with van der Waals surface area (Å²) in [4.78, 5) is 24.9. The number of hydrogen-bond donors (Lipinski definition) is 1. The number of amides is 1. The summed E-state index contributed by atoms with van der Waals surface area (Å²) in [6.45, 7) is 1.27. The molecule has 3 aromatic heterocycles. The molecule has 0 unspecified atom stereocenters. The van der Waals surface area contributed by atoms with Crippen molar-refractivity contribution in [3.05, 3.63) is 89.5 Å². The van der Waals surface area contributed by atoms with Gasteiger partial charge in [-0.25, -0.2) is 9.97 Å². The van der Waals surface area contributed by atoms with Gasteiger partial charge in [0.25, 0.3) is 0 Å². The van der Waals surface area contributed by atoms with Crippen molar-refractivity contribution in [1.82, 2.24) is 24.7 Å². The number of halogens is 3. The van der Waals surface area contributed by atoms with Gasteiger partial charge in [0.1, 0.15) is 5.82 Å². The van der Waals surface area contributed by atoms with Gasteiger partial charge in [0.05, 0.1) is 30.1 Å². The number of aryl methyl sites for hydroxylation is 2. The molecule has 1 amide bonds. The van der Waals surface area contributed by atoms with E-state index in [1.54, 1.807) is 35.4 Å². The first-order chi connectivity index (χ1) is 16.2.